The molecule has 3 nitrogen and oxygen atoms in total. The lowest BCUT2D eigenvalue weighted by Gasteiger charge is -1.91. The number of thiazole rings is 1. The molecular weight excluding hydrogens is 198 g/mol. The third-order valence-electron chi connectivity index (χ3n) is 2.31. The van der Waals surface area contributed by atoms with Gasteiger partial charge in [0.1, 0.15) is 0 Å². The van der Waals surface area contributed by atoms with Crippen LogP contribution in [0.2, 0.25) is 0 Å². The summed E-state index contributed by atoms with van der Waals surface area (Å²) in [5, 5.41) is 9.95. The van der Waals surface area contributed by atoms with Gasteiger partial charge in [-0.05, 0) is 31.6 Å². The molecule has 76 valence electrons. The van der Waals surface area contributed by atoms with Crippen LogP contribution in [0.15, 0.2) is 0 Å². The maximum Gasteiger partial charge on any atom is 0.355 e. The van der Waals surface area contributed by atoms with Gasteiger partial charge in [-0.15, -0.1) is 11.3 Å². The highest BCUT2D eigenvalue weighted by Gasteiger charge is 2.31. The Kier molecular flexibility index (Phi) is 2.54. The maximum atomic E-state index is 10.9. The van der Waals surface area contributed by atoms with E-state index in [1.807, 2.05) is 0 Å². The van der Waals surface area contributed by atoms with Gasteiger partial charge < -0.3 is 5.11 Å². The Morgan fingerprint density at radius 1 is 1.64 bits per heavy atom. The predicted molar refractivity (Wildman–Crippen MR) is 55.0 cm³/mol. The first-order chi connectivity index (χ1) is 6.72. The standard InChI is InChI=1S/C10H13NO2S/c1-2-3-7-11-8(10(12)13)9(14-7)6-4-5-6/h6H,2-5H2,1H3,(H,12,13). The molecule has 0 unspecified atom stereocenters. The van der Waals surface area contributed by atoms with Gasteiger partial charge in [0.05, 0.1) is 5.01 Å². The van der Waals surface area contributed by atoms with Gasteiger partial charge in [-0.1, -0.05) is 6.92 Å². The molecule has 0 atom stereocenters. The summed E-state index contributed by atoms with van der Waals surface area (Å²) in [4.78, 5) is 16.1. The number of carboxylic acid groups (broad SMARTS) is 1. The molecule has 1 saturated carbocycles. The van der Waals surface area contributed by atoms with E-state index in [1.165, 1.54) is 0 Å². The Bertz CT molecular complexity index is 355. The average Bonchev–Trinajstić information content (AvgIpc) is 2.88. The van der Waals surface area contributed by atoms with Gasteiger partial charge in [0.25, 0.3) is 0 Å². The summed E-state index contributed by atoms with van der Waals surface area (Å²) in [5.41, 5.74) is 0.306. The molecular formula is C10H13NO2S. The quantitative estimate of drug-likeness (QED) is 0.833. The molecule has 1 aromatic heterocycles. The van der Waals surface area contributed by atoms with E-state index in [1.54, 1.807) is 11.3 Å². The lowest BCUT2D eigenvalue weighted by molar-refractivity contribution is 0.0690. The molecule has 1 N–H and O–H groups in total. The van der Waals surface area contributed by atoms with Crippen molar-refractivity contribution in [2.24, 2.45) is 0 Å². The first kappa shape index (κ1) is 9.65. The fourth-order valence-electron chi connectivity index (χ4n) is 1.47. The summed E-state index contributed by atoms with van der Waals surface area (Å²) in [6, 6.07) is 0. The second kappa shape index (κ2) is 3.69. The predicted octanol–water partition coefficient (Wildman–Crippen LogP) is 2.67. The molecule has 0 spiro atoms. The van der Waals surface area contributed by atoms with Crippen LogP contribution in [-0.4, -0.2) is 16.1 Å². The van der Waals surface area contributed by atoms with Crippen molar-refractivity contribution in [3.8, 4) is 0 Å². The van der Waals surface area contributed by atoms with Crippen molar-refractivity contribution in [3.63, 3.8) is 0 Å². The van der Waals surface area contributed by atoms with E-state index in [-0.39, 0.29) is 0 Å². The highest BCUT2D eigenvalue weighted by atomic mass is 32.1. The van der Waals surface area contributed by atoms with Crippen molar-refractivity contribution in [1.29, 1.82) is 0 Å². The van der Waals surface area contributed by atoms with Crippen LogP contribution in [0.1, 0.15) is 52.5 Å². The normalized spacial score (nSPS) is 15.8. The number of nitrogens with zero attached hydrogens (tertiary/aromatic N) is 1. The Balaban J connectivity index is 2.30. The van der Waals surface area contributed by atoms with E-state index in [4.69, 9.17) is 5.11 Å². The van der Waals surface area contributed by atoms with E-state index >= 15 is 0 Å². The van der Waals surface area contributed by atoms with Crippen molar-refractivity contribution in [3.05, 3.63) is 15.6 Å². The summed E-state index contributed by atoms with van der Waals surface area (Å²) in [7, 11) is 0. The van der Waals surface area contributed by atoms with Gasteiger partial charge in [0, 0.05) is 4.88 Å². The van der Waals surface area contributed by atoms with Crippen molar-refractivity contribution >= 4 is 17.3 Å². The first-order valence-corrected chi connectivity index (χ1v) is 5.77. The van der Waals surface area contributed by atoms with Crippen LogP contribution >= 0.6 is 11.3 Å². The van der Waals surface area contributed by atoms with E-state index in [9.17, 15) is 4.79 Å². The van der Waals surface area contributed by atoms with Gasteiger partial charge >= 0.3 is 5.97 Å². The van der Waals surface area contributed by atoms with Gasteiger partial charge in [-0.2, -0.15) is 0 Å². The highest BCUT2D eigenvalue weighted by Crippen LogP contribution is 2.44. The van der Waals surface area contributed by atoms with Gasteiger partial charge in [-0.25, -0.2) is 9.78 Å². The largest absolute Gasteiger partial charge is 0.476 e. The molecule has 0 aromatic carbocycles. The van der Waals surface area contributed by atoms with Crippen molar-refractivity contribution < 1.29 is 9.90 Å². The zero-order valence-corrected chi connectivity index (χ0v) is 8.93. The summed E-state index contributed by atoms with van der Waals surface area (Å²) >= 11 is 1.59. The first-order valence-electron chi connectivity index (χ1n) is 4.95. The summed E-state index contributed by atoms with van der Waals surface area (Å²) < 4.78 is 0. The zero-order chi connectivity index (χ0) is 10.1. The molecule has 0 aliphatic heterocycles. The topological polar surface area (TPSA) is 50.2 Å². The monoisotopic (exact) mass is 211 g/mol. The molecule has 0 bridgehead atoms. The van der Waals surface area contributed by atoms with Crippen LogP contribution in [0.3, 0.4) is 0 Å². The number of aryl methyl sites for hydroxylation is 1. The van der Waals surface area contributed by atoms with Crippen molar-refractivity contribution in [2.45, 2.75) is 38.5 Å². The van der Waals surface area contributed by atoms with Crippen LogP contribution in [0, 0.1) is 0 Å². The lowest BCUT2D eigenvalue weighted by Crippen LogP contribution is -2.00. The Morgan fingerprint density at radius 3 is 2.86 bits per heavy atom. The number of aromatic carboxylic acids is 1. The van der Waals surface area contributed by atoms with E-state index in [2.05, 4.69) is 11.9 Å². The molecule has 1 aromatic rings. The molecule has 0 saturated heterocycles. The summed E-state index contributed by atoms with van der Waals surface area (Å²) in [6.45, 7) is 2.08. The zero-order valence-electron chi connectivity index (χ0n) is 8.12. The van der Waals surface area contributed by atoms with Crippen LogP contribution < -0.4 is 0 Å². The minimum atomic E-state index is -0.870. The van der Waals surface area contributed by atoms with Crippen LogP contribution in [-0.2, 0) is 6.42 Å². The minimum absolute atomic E-state index is 0.306. The van der Waals surface area contributed by atoms with E-state index < -0.39 is 5.97 Å². The van der Waals surface area contributed by atoms with Crippen LogP contribution in [0.25, 0.3) is 0 Å². The molecule has 2 rings (SSSR count). The number of hydrogen-bond acceptors (Lipinski definition) is 3. The SMILES string of the molecule is CCCc1nc(C(=O)O)c(C2CC2)s1. The summed E-state index contributed by atoms with van der Waals surface area (Å²) in [5.74, 6) is -0.380. The number of carboxylic acids is 1. The molecule has 0 radical (unpaired) electrons. The maximum absolute atomic E-state index is 10.9. The van der Waals surface area contributed by atoms with Gasteiger partial charge in [0.2, 0.25) is 0 Å². The molecule has 1 aliphatic rings. The second-order valence-corrected chi connectivity index (χ2v) is 4.77. The highest BCUT2D eigenvalue weighted by molar-refractivity contribution is 7.12. The van der Waals surface area contributed by atoms with Crippen molar-refractivity contribution in [1.82, 2.24) is 4.98 Å². The Morgan fingerprint density at radius 2 is 2.36 bits per heavy atom. The third kappa shape index (κ3) is 1.80. The summed E-state index contributed by atoms with van der Waals surface area (Å²) in [6.07, 6.45) is 4.19. The number of hydrogen-bond donors (Lipinski definition) is 1. The fourth-order valence-corrected chi connectivity index (χ4v) is 2.80. The van der Waals surface area contributed by atoms with Gasteiger partial charge in [-0.3, -0.25) is 0 Å². The molecule has 1 heterocycles. The van der Waals surface area contributed by atoms with E-state index in [0.717, 1.165) is 35.6 Å². The average molecular weight is 211 g/mol. The Labute approximate surface area is 86.8 Å². The molecule has 4 heteroatoms. The smallest absolute Gasteiger partial charge is 0.355 e. The van der Waals surface area contributed by atoms with Crippen LogP contribution in [0.5, 0.6) is 0 Å². The number of carbonyl (C=O) groups is 1. The third-order valence-corrected chi connectivity index (χ3v) is 3.59. The number of rotatable bonds is 4. The lowest BCUT2D eigenvalue weighted by atomic mass is 10.3. The minimum Gasteiger partial charge on any atom is -0.476 e. The fraction of sp³-hybridized carbons (Fsp3) is 0.600. The Hall–Kier alpha value is -0.900. The second-order valence-electron chi connectivity index (χ2n) is 3.65. The molecule has 14 heavy (non-hydrogen) atoms. The molecule has 0 amide bonds. The van der Waals surface area contributed by atoms with Crippen molar-refractivity contribution in [2.75, 3.05) is 0 Å². The number of aromatic nitrogens is 1. The van der Waals surface area contributed by atoms with Gasteiger partial charge in [0.15, 0.2) is 5.69 Å². The molecule has 1 aliphatic carbocycles. The van der Waals surface area contributed by atoms with Crippen LogP contribution in [0.4, 0.5) is 0 Å². The molecule has 1 fully saturated rings. The van der Waals surface area contributed by atoms with E-state index in [0.29, 0.717) is 11.6 Å².